The van der Waals surface area contributed by atoms with Gasteiger partial charge in [-0.05, 0) is 29.8 Å². The molecule has 18 heavy (non-hydrogen) atoms. The van der Waals surface area contributed by atoms with Crippen LogP contribution in [0.2, 0.25) is 10.4 Å². The fraction of sp³-hybridized carbons (Fsp3) is 0.182. The van der Waals surface area contributed by atoms with Crippen LogP contribution >= 0.6 is 23.2 Å². The van der Waals surface area contributed by atoms with E-state index in [0.717, 1.165) is 11.4 Å². The van der Waals surface area contributed by atoms with Gasteiger partial charge in [-0.15, -0.1) is 10.2 Å². The Bertz CT molecular complexity index is 559. The Labute approximate surface area is 115 Å². The minimum atomic E-state index is 0.0469. The number of hydrogen-bond acceptors (Lipinski definition) is 5. The summed E-state index contributed by atoms with van der Waals surface area (Å²) in [5, 5.41) is 10.5. The highest BCUT2D eigenvalue weighted by Gasteiger charge is 2.06. The second-order valence-electron chi connectivity index (χ2n) is 3.79. The summed E-state index contributed by atoms with van der Waals surface area (Å²) in [7, 11) is 3.93. The Morgan fingerprint density at radius 3 is 2.67 bits per heavy atom. The van der Waals surface area contributed by atoms with Crippen molar-refractivity contribution in [3.8, 4) is 0 Å². The van der Waals surface area contributed by atoms with Crippen LogP contribution in [0.25, 0.3) is 0 Å². The number of nitrogens with zero attached hydrogens (tertiary/aromatic N) is 4. The van der Waals surface area contributed by atoms with Gasteiger partial charge in [0.1, 0.15) is 0 Å². The van der Waals surface area contributed by atoms with Crippen molar-refractivity contribution >= 4 is 40.4 Å². The summed E-state index contributed by atoms with van der Waals surface area (Å²) < 4.78 is 0. The van der Waals surface area contributed by atoms with Crippen molar-refractivity contribution in [2.75, 3.05) is 24.3 Å². The summed E-state index contributed by atoms with van der Waals surface area (Å²) in [4.78, 5) is 5.98. The van der Waals surface area contributed by atoms with Crippen molar-refractivity contribution in [2.24, 2.45) is 0 Å². The normalized spacial score (nSPS) is 10.2. The van der Waals surface area contributed by atoms with Crippen LogP contribution in [0.5, 0.6) is 0 Å². The molecule has 0 aliphatic heterocycles. The number of nitrogens with one attached hydrogen (secondary N) is 1. The lowest BCUT2D eigenvalue weighted by Crippen LogP contribution is -2.08. The highest BCUT2D eigenvalue weighted by Crippen LogP contribution is 2.24. The molecule has 0 radical (unpaired) electrons. The second-order valence-corrected chi connectivity index (χ2v) is 4.49. The van der Waals surface area contributed by atoms with E-state index in [9.17, 15) is 0 Å². The van der Waals surface area contributed by atoms with E-state index in [-0.39, 0.29) is 10.4 Å². The van der Waals surface area contributed by atoms with Crippen molar-refractivity contribution in [3.63, 3.8) is 0 Å². The summed E-state index contributed by atoms with van der Waals surface area (Å²) in [6.45, 7) is 0. The molecule has 1 aromatic carbocycles. The van der Waals surface area contributed by atoms with Gasteiger partial charge in [-0.25, -0.2) is 0 Å². The number of benzene rings is 1. The van der Waals surface area contributed by atoms with Crippen LogP contribution in [0, 0.1) is 0 Å². The van der Waals surface area contributed by atoms with Crippen molar-refractivity contribution in [1.82, 2.24) is 15.2 Å². The molecular formula is C11H11Cl2N5. The molecular weight excluding hydrogens is 273 g/mol. The predicted molar refractivity (Wildman–Crippen MR) is 73.9 cm³/mol. The smallest absolute Gasteiger partial charge is 0.245 e. The summed E-state index contributed by atoms with van der Waals surface area (Å²) in [5.41, 5.74) is 1.91. The minimum absolute atomic E-state index is 0.0469. The molecule has 5 nitrogen and oxygen atoms in total. The minimum Gasteiger partial charge on any atom is -0.378 e. The average Bonchev–Trinajstić information content (AvgIpc) is 2.34. The topological polar surface area (TPSA) is 53.9 Å². The SMILES string of the molecule is CN(C)c1cccc(Nc2nc(Cl)nnc2Cl)c1. The highest BCUT2D eigenvalue weighted by atomic mass is 35.5. The lowest BCUT2D eigenvalue weighted by atomic mass is 10.2. The predicted octanol–water partition coefficient (Wildman–Crippen LogP) is 2.99. The lowest BCUT2D eigenvalue weighted by molar-refractivity contribution is 0.974. The van der Waals surface area contributed by atoms with E-state index >= 15 is 0 Å². The molecule has 0 saturated heterocycles. The molecule has 7 heteroatoms. The number of hydrogen-bond donors (Lipinski definition) is 1. The molecule has 0 unspecified atom stereocenters. The van der Waals surface area contributed by atoms with E-state index in [0.29, 0.717) is 5.82 Å². The van der Waals surface area contributed by atoms with Gasteiger partial charge in [-0.1, -0.05) is 17.7 Å². The molecule has 0 amide bonds. The molecule has 0 fully saturated rings. The molecule has 0 aliphatic carbocycles. The van der Waals surface area contributed by atoms with Crippen LogP contribution in [-0.2, 0) is 0 Å². The first-order chi connectivity index (χ1) is 8.56. The summed E-state index contributed by atoms with van der Waals surface area (Å²) in [5.74, 6) is 0.382. The highest BCUT2D eigenvalue weighted by molar-refractivity contribution is 6.32. The molecule has 0 atom stereocenters. The first-order valence-corrected chi connectivity index (χ1v) is 5.92. The standard InChI is InChI=1S/C11H11Cl2N5/c1-18(2)8-5-3-4-7(6-8)14-10-9(12)16-17-11(13)15-10/h3-6H,1-2H3,(H,14,15,17). The number of aromatic nitrogens is 3. The molecule has 2 rings (SSSR count). The molecule has 0 saturated carbocycles. The molecule has 1 aromatic heterocycles. The van der Waals surface area contributed by atoms with Crippen molar-refractivity contribution < 1.29 is 0 Å². The summed E-state index contributed by atoms with van der Waals surface area (Å²) in [6, 6.07) is 7.80. The van der Waals surface area contributed by atoms with Crippen molar-refractivity contribution in [3.05, 3.63) is 34.7 Å². The maximum absolute atomic E-state index is 5.88. The molecule has 1 heterocycles. The zero-order valence-electron chi connectivity index (χ0n) is 9.85. The average molecular weight is 284 g/mol. The van der Waals surface area contributed by atoms with Crippen LogP contribution in [0.1, 0.15) is 0 Å². The maximum atomic E-state index is 5.88. The third-order valence-corrected chi connectivity index (χ3v) is 2.66. The number of anilines is 3. The number of rotatable bonds is 3. The largest absolute Gasteiger partial charge is 0.378 e. The number of halogens is 2. The zero-order chi connectivity index (χ0) is 13.1. The van der Waals surface area contributed by atoms with Crippen LogP contribution < -0.4 is 10.2 Å². The van der Waals surface area contributed by atoms with E-state index < -0.39 is 0 Å². The van der Waals surface area contributed by atoms with Crippen molar-refractivity contribution in [2.45, 2.75) is 0 Å². The first-order valence-electron chi connectivity index (χ1n) is 5.16. The van der Waals surface area contributed by atoms with Crippen LogP contribution in [-0.4, -0.2) is 29.3 Å². The van der Waals surface area contributed by atoms with E-state index in [1.807, 2.05) is 43.3 Å². The Morgan fingerprint density at radius 1 is 1.17 bits per heavy atom. The molecule has 1 N–H and O–H groups in total. The maximum Gasteiger partial charge on any atom is 0.245 e. The van der Waals surface area contributed by atoms with Gasteiger partial charge >= 0.3 is 0 Å². The Balaban J connectivity index is 2.28. The van der Waals surface area contributed by atoms with Gasteiger partial charge in [0.25, 0.3) is 0 Å². The quantitative estimate of drug-likeness (QED) is 0.939. The van der Waals surface area contributed by atoms with Gasteiger partial charge in [0.15, 0.2) is 11.0 Å². The fourth-order valence-electron chi connectivity index (χ4n) is 1.37. The van der Waals surface area contributed by atoms with Crippen LogP contribution in [0.4, 0.5) is 17.2 Å². The van der Waals surface area contributed by atoms with Gasteiger partial charge in [0, 0.05) is 25.5 Å². The fourth-order valence-corrected chi connectivity index (χ4v) is 1.62. The van der Waals surface area contributed by atoms with Gasteiger partial charge in [0.2, 0.25) is 5.28 Å². The summed E-state index contributed by atoms with van der Waals surface area (Å²) >= 11 is 11.6. The van der Waals surface area contributed by atoms with Gasteiger partial charge < -0.3 is 10.2 Å². The molecule has 0 aliphatic rings. The Kier molecular flexibility index (Phi) is 3.84. The van der Waals surface area contributed by atoms with Crippen LogP contribution in [0.3, 0.4) is 0 Å². The third kappa shape index (κ3) is 3.00. The third-order valence-electron chi connectivity index (χ3n) is 2.25. The van der Waals surface area contributed by atoms with Gasteiger partial charge in [-0.3, -0.25) is 0 Å². The van der Waals surface area contributed by atoms with Crippen LogP contribution in [0.15, 0.2) is 24.3 Å². The molecule has 0 bridgehead atoms. The Hall–Kier alpha value is -1.59. The first kappa shape index (κ1) is 12.9. The van der Waals surface area contributed by atoms with E-state index in [4.69, 9.17) is 23.2 Å². The van der Waals surface area contributed by atoms with E-state index in [2.05, 4.69) is 20.5 Å². The van der Waals surface area contributed by atoms with E-state index in [1.54, 1.807) is 0 Å². The zero-order valence-corrected chi connectivity index (χ0v) is 11.4. The summed E-state index contributed by atoms with van der Waals surface area (Å²) in [6.07, 6.45) is 0. The Morgan fingerprint density at radius 2 is 1.94 bits per heavy atom. The molecule has 0 spiro atoms. The van der Waals surface area contributed by atoms with E-state index in [1.165, 1.54) is 0 Å². The van der Waals surface area contributed by atoms with Gasteiger partial charge in [-0.2, -0.15) is 4.98 Å². The monoisotopic (exact) mass is 283 g/mol. The molecule has 2 aromatic rings. The molecule has 94 valence electrons. The lowest BCUT2D eigenvalue weighted by Gasteiger charge is -2.14. The van der Waals surface area contributed by atoms with Crippen molar-refractivity contribution in [1.29, 1.82) is 0 Å². The second kappa shape index (κ2) is 5.37. The van der Waals surface area contributed by atoms with Gasteiger partial charge in [0.05, 0.1) is 0 Å².